The molecule has 0 spiro atoms. The monoisotopic (exact) mass is 290 g/mol. The van der Waals surface area contributed by atoms with Gasteiger partial charge >= 0.3 is 5.97 Å². The summed E-state index contributed by atoms with van der Waals surface area (Å²) in [7, 11) is 0. The van der Waals surface area contributed by atoms with Crippen LogP contribution in [0.15, 0.2) is 30.5 Å². The lowest BCUT2D eigenvalue weighted by Gasteiger charge is -2.03. The highest BCUT2D eigenvalue weighted by Crippen LogP contribution is 2.33. The van der Waals surface area contributed by atoms with Crippen molar-refractivity contribution in [3.63, 3.8) is 0 Å². The molecule has 0 saturated carbocycles. The molecule has 20 heavy (non-hydrogen) atoms. The van der Waals surface area contributed by atoms with Gasteiger partial charge in [-0.15, -0.1) is 11.3 Å². The molecule has 4 nitrogen and oxygen atoms in total. The Bertz CT molecular complexity index is 807. The van der Waals surface area contributed by atoms with Gasteiger partial charge in [-0.1, -0.05) is 6.07 Å². The van der Waals surface area contributed by atoms with Gasteiger partial charge in [-0.25, -0.2) is 9.18 Å². The molecule has 1 N–H and O–H groups in total. The van der Waals surface area contributed by atoms with Gasteiger partial charge in [0.1, 0.15) is 10.7 Å². The van der Waals surface area contributed by atoms with Crippen molar-refractivity contribution in [3.05, 3.63) is 52.4 Å². The SMILES string of the molecule is Cc1ccn(Cc2c(C(=O)O)sc3cccc(F)c23)n1. The van der Waals surface area contributed by atoms with Crippen molar-refractivity contribution in [2.75, 3.05) is 0 Å². The van der Waals surface area contributed by atoms with Crippen molar-refractivity contribution < 1.29 is 14.3 Å². The highest BCUT2D eigenvalue weighted by Gasteiger charge is 2.20. The number of thiophene rings is 1. The second-order valence-corrected chi connectivity index (χ2v) is 5.53. The number of aryl methyl sites for hydroxylation is 1. The topological polar surface area (TPSA) is 55.1 Å². The number of carboxylic acids is 1. The minimum atomic E-state index is -1.04. The van der Waals surface area contributed by atoms with Crippen LogP contribution in [0.3, 0.4) is 0 Å². The fourth-order valence-electron chi connectivity index (χ4n) is 2.20. The molecule has 3 rings (SSSR count). The van der Waals surface area contributed by atoms with Crippen molar-refractivity contribution in [3.8, 4) is 0 Å². The third kappa shape index (κ3) is 2.08. The van der Waals surface area contributed by atoms with Crippen LogP contribution < -0.4 is 0 Å². The van der Waals surface area contributed by atoms with Gasteiger partial charge in [0.05, 0.1) is 12.2 Å². The molecule has 0 unspecified atom stereocenters. The Hall–Kier alpha value is -2.21. The molecule has 0 amide bonds. The van der Waals surface area contributed by atoms with Crippen LogP contribution in [0, 0.1) is 12.7 Å². The molecule has 3 aromatic rings. The van der Waals surface area contributed by atoms with Crippen LogP contribution in [-0.4, -0.2) is 20.9 Å². The molecule has 0 aliphatic rings. The van der Waals surface area contributed by atoms with E-state index in [-0.39, 0.29) is 11.4 Å². The van der Waals surface area contributed by atoms with Gasteiger partial charge in [-0.05, 0) is 25.1 Å². The van der Waals surface area contributed by atoms with Gasteiger partial charge < -0.3 is 5.11 Å². The largest absolute Gasteiger partial charge is 0.477 e. The normalized spacial score (nSPS) is 11.1. The first-order valence-corrected chi connectivity index (χ1v) is 6.81. The lowest BCUT2D eigenvalue weighted by molar-refractivity contribution is 0.0701. The first kappa shape index (κ1) is 12.8. The van der Waals surface area contributed by atoms with E-state index < -0.39 is 11.8 Å². The maximum atomic E-state index is 14.0. The summed E-state index contributed by atoms with van der Waals surface area (Å²) in [6.45, 7) is 2.09. The molecule has 0 aliphatic carbocycles. The summed E-state index contributed by atoms with van der Waals surface area (Å²) in [5.74, 6) is -1.44. The Morgan fingerprint density at radius 2 is 2.25 bits per heavy atom. The summed E-state index contributed by atoms with van der Waals surface area (Å²) in [4.78, 5) is 11.5. The molecule has 6 heteroatoms. The number of hydrogen-bond acceptors (Lipinski definition) is 3. The second-order valence-electron chi connectivity index (χ2n) is 4.48. The molecule has 0 atom stereocenters. The van der Waals surface area contributed by atoms with Crippen molar-refractivity contribution in [1.29, 1.82) is 0 Å². The number of carboxylic acid groups (broad SMARTS) is 1. The Balaban J connectivity index is 2.20. The third-order valence-electron chi connectivity index (χ3n) is 3.05. The highest BCUT2D eigenvalue weighted by molar-refractivity contribution is 7.21. The second kappa shape index (κ2) is 4.72. The van der Waals surface area contributed by atoms with E-state index in [0.717, 1.165) is 17.0 Å². The maximum absolute atomic E-state index is 14.0. The number of benzene rings is 1. The van der Waals surface area contributed by atoms with Crippen molar-refractivity contribution >= 4 is 27.4 Å². The first-order chi connectivity index (χ1) is 9.56. The van der Waals surface area contributed by atoms with Crippen LogP contribution in [0.2, 0.25) is 0 Å². The number of hydrogen-bond donors (Lipinski definition) is 1. The summed E-state index contributed by atoms with van der Waals surface area (Å²) in [6, 6.07) is 6.48. The summed E-state index contributed by atoms with van der Waals surface area (Å²) in [5.41, 5.74) is 1.31. The van der Waals surface area contributed by atoms with Crippen LogP contribution in [0.1, 0.15) is 20.9 Å². The van der Waals surface area contributed by atoms with E-state index in [1.54, 1.807) is 23.0 Å². The molecule has 0 fully saturated rings. The van der Waals surface area contributed by atoms with Crippen LogP contribution in [0.25, 0.3) is 10.1 Å². The van der Waals surface area contributed by atoms with Crippen molar-refractivity contribution in [2.45, 2.75) is 13.5 Å². The molecule has 0 bridgehead atoms. The average Bonchev–Trinajstić information content (AvgIpc) is 2.95. The number of halogens is 1. The fraction of sp³-hybridized carbons (Fsp3) is 0.143. The Labute approximate surface area is 118 Å². The number of rotatable bonds is 3. The number of aromatic carboxylic acids is 1. The zero-order valence-electron chi connectivity index (χ0n) is 10.6. The average molecular weight is 290 g/mol. The Kier molecular flexibility index (Phi) is 3.02. The lowest BCUT2D eigenvalue weighted by Crippen LogP contribution is -2.05. The van der Waals surface area contributed by atoms with Crippen molar-refractivity contribution in [2.24, 2.45) is 0 Å². The van der Waals surface area contributed by atoms with Crippen LogP contribution in [0.5, 0.6) is 0 Å². The van der Waals surface area contributed by atoms with Gasteiger partial charge in [-0.2, -0.15) is 5.10 Å². The minimum absolute atomic E-state index is 0.165. The number of fused-ring (bicyclic) bond motifs is 1. The summed E-state index contributed by atoms with van der Waals surface area (Å²) in [6.07, 6.45) is 1.76. The molecule has 0 aliphatic heterocycles. The van der Waals surface area contributed by atoms with Gasteiger partial charge in [0.15, 0.2) is 0 Å². The summed E-state index contributed by atoms with van der Waals surface area (Å²) in [5, 5.41) is 13.9. The van der Waals surface area contributed by atoms with Gasteiger partial charge in [-0.3, -0.25) is 4.68 Å². The molecule has 2 aromatic heterocycles. The van der Waals surface area contributed by atoms with E-state index in [1.165, 1.54) is 6.07 Å². The number of carbonyl (C=O) groups is 1. The van der Waals surface area contributed by atoms with E-state index in [2.05, 4.69) is 5.10 Å². The highest BCUT2D eigenvalue weighted by atomic mass is 32.1. The zero-order valence-corrected chi connectivity index (χ0v) is 11.4. The quantitative estimate of drug-likeness (QED) is 0.805. The molecular formula is C14H11FN2O2S. The standard InChI is InChI=1S/C14H11FN2O2S/c1-8-5-6-17(16-8)7-9-12-10(15)3-2-4-11(12)20-13(9)14(18)19/h2-6H,7H2,1H3,(H,18,19). The molecule has 102 valence electrons. The predicted molar refractivity (Wildman–Crippen MR) is 74.8 cm³/mol. The fourth-order valence-corrected chi connectivity index (χ4v) is 3.27. The van der Waals surface area contributed by atoms with Crippen LogP contribution in [-0.2, 0) is 6.54 Å². The zero-order chi connectivity index (χ0) is 14.3. The predicted octanol–water partition coefficient (Wildman–Crippen LogP) is 3.29. The molecule has 0 radical (unpaired) electrons. The maximum Gasteiger partial charge on any atom is 0.346 e. The first-order valence-electron chi connectivity index (χ1n) is 5.99. The third-order valence-corrected chi connectivity index (χ3v) is 4.24. The van der Waals surface area contributed by atoms with Crippen LogP contribution in [0.4, 0.5) is 4.39 Å². The molecule has 2 heterocycles. The van der Waals surface area contributed by atoms with Gasteiger partial charge in [0.25, 0.3) is 0 Å². The summed E-state index contributed by atoms with van der Waals surface area (Å²) < 4.78 is 16.3. The molecular weight excluding hydrogens is 279 g/mol. The Morgan fingerprint density at radius 1 is 1.45 bits per heavy atom. The smallest absolute Gasteiger partial charge is 0.346 e. The van der Waals surface area contributed by atoms with E-state index >= 15 is 0 Å². The van der Waals surface area contributed by atoms with E-state index in [1.807, 2.05) is 13.0 Å². The van der Waals surface area contributed by atoms with E-state index in [4.69, 9.17) is 0 Å². The van der Waals surface area contributed by atoms with Crippen LogP contribution >= 0.6 is 11.3 Å². The van der Waals surface area contributed by atoms with E-state index in [0.29, 0.717) is 15.6 Å². The molecule has 1 aromatic carbocycles. The van der Waals surface area contributed by atoms with Gasteiger partial charge in [0.2, 0.25) is 0 Å². The van der Waals surface area contributed by atoms with Crippen molar-refractivity contribution in [1.82, 2.24) is 9.78 Å². The number of nitrogens with zero attached hydrogens (tertiary/aromatic N) is 2. The van der Waals surface area contributed by atoms with E-state index in [9.17, 15) is 14.3 Å². The minimum Gasteiger partial charge on any atom is -0.477 e. The Morgan fingerprint density at radius 3 is 2.90 bits per heavy atom. The lowest BCUT2D eigenvalue weighted by atomic mass is 10.1. The van der Waals surface area contributed by atoms with Gasteiger partial charge in [0, 0.05) is 21.8 Å². The summed E-state index contributed by atoms with van der Waals surface area (Å²) >= 11 is 1.09. The number of aromatic nitrogens is 2. The molecule has 0 saturated heterocycles.